The number of hydrogen-bond donors (Lipinski definition) is 3. The molecular formula is C12H18N2O3. The fourth-order valence-electron chi connectivity index (χ4n) is 1.28. The third kappa shape index (κ3) is 5.33. The molecule has 5 heteroatoms. The van der Waals surface area contributed by atoms with Crippen LogP contribution in [0, 0.1) is 6.92 Å². The molecule has 0 radical (unpaired) electrons. The summed E-state index contributed by atoms with van der Waals surface area (Å²) in [5, 5.41) is 13.9. The van der Waals surface area contributed by atoms with Gasteiger partial charge in [0, 0.05) is 12.2 Å². The molecule has 1 aromatic rings. The van der Waals surface area contributed by atoms with E-state index in [4.69, 9.17) is 9.84 Å². The average molecular weight is 238 g/mol. The second kappa shape index (κ2) is 7.65. The highest BCUT2D eigenvalue weighted by Crippen LogP contribution is 2.12. The zero-order valence-electron chi connectivity index (χ0n) is 9.90. The molecule has 17 heavy (non-hydrogen) atoms. The van der Waals surface area contributed by atoms with Gasteiger partial charge in [0.2, 0.25) is 0 Å². The molecule has 1 rings (SSSR count). The summed E-state index contributed by atoms with van der Waals surface area (Å²) in [7, 11) is 0. The number of anilines is 1. The number of aryl methyl sites for hydroxylation is 1. The van der Waals surface area contributed by atoms with Crippen molar-refractivity contribution in [3.05, 3.63) is 29.8 Å². The van der Waals surface area contributed by atoms with Gasteiger partial charge in [0.15, 0.2) is 0 Å². The highest BCUT2D eigenvalue weighted by molar-refractivity contribution is 5.89. The van der Waals surface area contributed by atoms with Crippen LogP contribution in [-0.2, 0) is 4.74 Å². The molecule has 0 aliphatic rings. The first-order chi connectivity index (χ1) is 8.24. The second-order valence-electron chi connectivity index (χ2n) is 3.53. The molecule has 0 aromatic heterocycles. The number of carbonyl (C=O) groups is 1. The molecule has 3 N–H and O–H groups in total. The van der Waals surface area contributed by atoms with Crippen LogP contribution in [0.2, 0.25) is 0 Å². The van der Waals surface area contributed by atoms with Crippen LogP contribution in [0.15, 0.2) is 24.3 Å². The van der Waals surface area contributed by atoms with Gasteiger partial charge in [-0.25, -0.2) is 4.79 Å². The number of aliphatic hydroxyl groups is 1. The Balaban J connectivity index is 2.23. The van der Waals surface area contributed by atoms with Gasteiger partial charge < -0.3 is 20.5 Å². The standard InChI is InChI=1S/C12H18N2O3/c1-10-4-2-3-5-11(10)14-12(16)13-6-8-17-9-7-15/h2-5,15H,6-9H2,1H3,(H2,13,14,16). The van der Waals surface area contributed by atoms with Crippen molar-refractivity contribution >= 4 is 11.7 Å². The Morgan fingerprint density at radius 1 is 1.35 bits per heavy atom. The topological polar surface area (TPSA) is 70.6 Å². The van der Waals surface area contributed by atoms with E-state index in [1.807, 2.05) is 31.2 Å². The number of amides is 2. The van der Waals surface area contributed by atoms with E-state index in [9.17, 15) is 4.79 Å². The van der Waals surface area contributed by atoms with Gasteiger partial charge in [-0.1, -0.05) is 18.2 Å². The van der Waals surface area contributed by atoms with E-state index in [1.165, 1.54) is 0 Å². The molecule has 94 valence electrons. The fraction of sp³-hybridized carbons (Fsp3) is 0.417. The molecule has 0 aliphatic carbocycles. The van der Waals surface area contributed by atoms with Gasteiger partial charge in [-0.15, -0.1) is 0 Å². The number of aliphatic hydroxyl groups excluding tert-OH is 1. The zero-order valence-corrected chi connectivity index (χ0v) is 9.90. The number of rotatable bonds is 6. The molecule has 0 atom stereocenters. The molecular weight excluding hydrogens is 220 g/mol. The second-order valence-corrected chi connectivity index (χ2v) is 3.53. The number of urea groups is 1. The van der Waals surface area contributed by atoms with E-state index in [0.717, 1.165) is 11.3 Å². The van der Waals surface area contributed by atoms with Crippen LogP contribution >= 0.6 is 0 Å². The Kier molecular flexibility index (Phi) is 6.06. The van der Waals surface area contributed by atoms with E-state index in [2.05, 4.69) is 10.6 Å². The molecule has 5 nitrogen and oxygen atoms in total. The average Bonchev–Trinajstić information content (AvgIpc) is 2.32. The summed E-state index contributed by atoms with van der Waals surface area (Å²) in [6.45, 7) is 3.02. The van der Waals surface area contributed by atoms with Crippen molar-refractivity contribution in [2.24, 2.45) is 0 Å². The van der Waals surface area contributed by atoms with Crippen molar-refractivity contribution < 1.29 is 14.6 Å². The summed E-state index contributed by atoms with van der Waals surface area (Å²) in [5.74, 6) is 0. The Bertz CT molecular complexity index is 355. The minimum atomic E-state index is -0.258. The molecule has 0 aliphatic heterocycles. The van der Waals surface area contributed by atoms with Crippen LogP contribution in [0.25, 0.3) is 0 Å². The van der Waals surface area contributed by atoms with Gasteiger partial charge in [0.05, 0.1) is 19.8 Å². The van der Waals surface area contributed by atoms with Crippen LogP contribution in [0.3, 0.4) is 0 Å². The summed E-state index contributed by atoms with van der Waals surface area (Å²) >= 11 is 0. The van der Waals surface area contributed by atoms with E-state index >= 15 is 0 Å². The summed E-state index contributed by atoms with van der Waals surface area (Å²) in [6, 6.07) is 7.30. The lowest BCUT2D eigenvalue weighted by Gasteiger charge is -2.09. The first-order valence-electron chi connectivity index (χ1n) is 5.53. The van der Waals surface area contributed by atoms with Gasteiger partial charge in [-0.2, -0.15) is 0 Å². The Hall–Kier alpha value is -1.59. The van der Waals surface area contributed by atoms with Crippen molar-refractivity contribution in [2.75, 3.05) is 31.7 Å². The molecule has 2 amide bonds. The molecule has 0 saturated carbocycles. The SMILES string of the molecule is Cc1ccccc1NC(=O)NCCOCCO. The van der Waals surface area contributed by atoms with Crippen molar-refractivity contribution in [3.8, 4) is 0 Å². The maximum absolute atomic E-state index is 11.5. The Labute approximate surface area is 101 Å². The summed E-state index contributed by atoms with van der Waals surface area (Å²) in [6.07, 6.45) is 0. The predicted molar refractivity (Wildman–Crippen MR) is 66.1 cm³/mol. The maximum atomic E-state index is 11.5. The number of carbonyl (C=O) groups excluding carboxylic acids is 1. The van der Waals surface area contributed by atoms with Crippen molar-refractivity contribution in [2.45, 2.75) is 6.92 Å². The minimum absolute atomic E-state index is 0.00456. The van der Waals surface area contributed by atoms with Gasteiger partial charge in [-0.05, 0) is 18.6 Å². The molecule has 0 saturated heterocycles. The van der Waals surface area contributed by atoms with Crippen LogP contribution in [0.5, 0.6) is 0 Å². The van der Waals surface area contributed by atoms with Gasteiger partial charge in [0.25, 0.3) is 0 Å². The van der Waals surface area contributed by atoms with Crippen LogP contribution < -0.4 is 10.6 Å². The molecule has 0 unspecified atom stereocenters. The van der Waals surface area contributed by atoms with Crippen molar-refractivity contribution in [1.29, 1.82) is 0 Å². The highest BCUT2D eigenvalue weighted by Gasteiger charge is 2.02. The minimum Gasteiger partial charge on any atom is -0.394 e. The summed E-state index contributed by atoms with van der Waals surface area (Å²) in [4.78, 5) is 11.5. The fourth-order valence-corrected chi connectivity index (χ4v) is 1.28. The van der Waals surface area contributed by atoms with Gasteiger partial charge >= 0.3 is 6.03 Å². The zero-order chi connectivity index (χ0) is 12.5. The van der Waals surface area contributed by atoms with E-state index < -0.39 is 0 Å². The van der Waals surface area contributed by atoms with Crippen molar-refractivity contribution in [3.63, 3.8) is 0 Å². The lowest BCUT2D eigenvalue weighted by molar-refractivity contribution is 0.0950. The monoisotopic (exact) mass is 238 g/mol. The normalized spacial score (nSPS) is 10.0. The summed E-state index contributed by atoms with van der Waals surface area (Å²) < 4.78 is 5.01. The predicted octanol–water partition coefficient (Wildman–Crippen LogP) is 1.13. The number of hydrogen-bond acceptors (Lipinski definition) is 3. The number of para-hydroxylation sites is 1. The third-order valence-corrected chi connectivity index (χ3v) is 2.16. The lowest BCUT2D eigenvalue weighted by atomic mass is 10.2. The van der Waals surface area contributed by atoms with Crippen LogP contribution in [0.4, 0.5) is 10.5 Å². The largest absolute Gasteiger partial charge is 0.394 e. The third-order valence-electron chi connectivity index (χ3n) is 2.16. The van der Waals surface area contributed by atoms with E-state index in [1.54, 1.807) is 0 Å². The van der Waals surface area contributed by atoms with E-state index in [0.29, 0.717) is 19.8 Å². The van der Waals surface area contributed by atoms with Crippen LogP contribution in [-0.4, -0.2) is 37.5 Å². The molecule has 0 fully saturated rings. The van der Waals surface area contributed by atoms with Crippen LogP contribution in [0.1, 0.15) is 5.56 Å². The number of benzene rings is 1. The van der Waals surface area contributed by atoms with Gasteiger partial charge in [-0.3, -0.25) is 0 Å². The molecule has 0 spiro atoms. The number of nitrogens with one attached hydrogen (secondary N) is 2. The molecule has 0 bridgehead atoms. The summed E-state index contributed by atoms with van der Waals surface area (Å²) in [5.41, 5.74) is 1.81. The van der Waals surface area contributed by atoms with Crippen molar-refractivity contribution in [1.82, 2.24) is 5.32 Å². The first kappa shape index (κ1) is 13.5. The quantitative estimate of drug-likeness (QED) is 0.650. The maximum Gasteiger partial charge on any atom is 0.319 e. The van der Waals surface area contributed by atoms with Gasteiger partial charge in [0.1, 0.15) is 0 Å². The van der Waals surface area contributed by atoms with E-state index in [-0.39, 0.29) is 12.6 Å². The highest BCUT2D eigenvalue weighted by atomic mass is 16.5. The molecule has 1 aromatic carbocycles. The molecule has 0 heterocycles. The Morgan fingerprint density at radius 3 is 2.82 bits per heavy atom. The lowest BCUT2D eigenvalue weighted by Crippen LogP contribution is -2.32. The Morgan fingerprint density at radius 2 is 2.12 bits per heavy atom. The smallest absolute Gasteiger partial charge is 0.319 e. The first-order valence-corrected chi connectivity index (χ1v) is 5.53. The number of ether oxygens (including phenoxy) is 1.